The van der Waals surface area contributed by atoms with Crippen molar-refractivity contribution in [3.05, 3.63) is 11.6 Å². The molecule has 2 saturated carbocycles. The standard InChI is InChI=1S/C16H26ClN3/c1-16(2,3)12-6-4-11(5-7-12)15-19-18-14(10-17)20(15)13-8-9-13/h11-13H,4-10H2,1-3H3. The number of nitrogens with zero attached hydrogens (tertiary/aromatic N) is 3. The lowest BCUT2D eigenvalue weighted by atomic mass is 9.69. The molecule has 0 atom stereocenters. The van der Waals surface area contributed by atoms with Gasteiger partial charge >= 0.3 is 0 Å². The lowest BCUT2D eigenvalue weighted by Gasteiger charge is -2.36. The second-order valence-corrected chi connectivity index (χ2v) is 7.89. The molecule has 1 aromatic rings. The number of aromatic nitrogens is 3. The summed E-state index contributed by atoms with van der Waals surface area (Å²) in [6.07, 6.45) is 7.70. The third-order valence-corrected chi connectivity index (χ3v) is 5.38. The Hall–Kier alpha value is -0.570. The Bertz CT molecular complexity index is 463. The van der Waals surface area contributed by atoms with Crippen molar-refractivity contribution in [1.82, 2.24) is 14.8 Å². The smallest absolute Gasteiger partial charge is 0.148 e. The Labute approximate surface area is 127 Å². The zero-order valence-corrected chi connectivity index (χ0v) is 13.7. The topological polar surface area (TPSA) is 30.7 Å². The van der Waals surface area contributed by atoms with Gasteiger partial charge in [0.1, 0.15) is 11.6 Å². The zero-order chi connectivity index (χ0) is 14.3. The van der Waals surface area contributed by atoms with Crippen molar-refractivity contribution in [1.29, 1.82) is 0 Å². The second-order valence-electron chi connectivity index (χ2n) is 7.62. The first kappa shape index (κ1) is 14.4. The van der Waals surface area contributed by atoms with Crippen molar-refractivity contribution in [3.63, 3.8) is 0 Å². The fourth-order valence-electron chi connectivity index (χ4n) is 3.66. The molecule has 0 unspecified atom stereocenters. The third-order valence-electron chi connectivity index (χ3n) is 5.14. The predicted molar refractivity (Wildman–Crippen MR) is 82.0 cm³/mol. The minimum absolute atomic E-state index is 0.441. The molecule has 1 aromatic heterocycles. The summed E-state index contributed by atoms with van der Waals surface area (Å²) in [6.45, 7) is 7.11. The van der Waals surface area contributed by atoms with Gasteiger partial charge < -0.3 is 4.57 Å². The average molecular weight is 296 g/mol. The molecule has 0 N–H and O–H groups in total. The minimum Gasteiger partial charge on any atom is -0.311 e. The first-order chi connectivity index (χ1) is 9.50. The van der Waals surface area contributed by atoms with E-state index in [-0.39, 0.29) is 0 Å². The van der Waals surface area contributed by atoms with Crippen LogP contribution in [0.4, 0.5) is 0 Å². The average Bonchev–Trinajstić information content (AvgIpc) is 3.17. The van der Waals surface area contributed by atoms with E-state index in [0.29, 0.717) is 23.3 Å². The molecular weight excluding hydrogens is 270 g/mol. The molecule has 3 nitrogen and oxygen atoms in total. The van der Waals surface area contributed by atoms with Gasteiger partial charge in [0.15, 0.2) is 0 Å². The van der Waals surface area contributed by atoms with E-state index in [2.05, 4.69) is 35.5 Å². The van der Waals surface area contributed by atoms with E-state index in [1.54, 1.807) is 0 Å². The third kappa shape index (κ3) is 2.74. The van der Waals surface area contributed by atoms with Crippen LogP contribution in [0.5, 0.6) is 0 Å². The maximum absolute atomic E-state index is 6.02. The van der Waals surface area contributed by atoms with Crippen LogP contribution >= 0.6 is 11.6 Å². The number of halogens is 1. The van der Waals surface area contributed by atoms with Crippen LogP contribution in [0.25, 0.3) is 0 Å². The molecular formula is C16H26ClN3. The van der Waals surface area contributed by atoms with Crippen molar-refractivity contribution in [2.45, 2.75) is 77.1 Å². The summed E-state index contributed by atoms with van der Waals surface area (Å²) < 4.78 is 2.36. The van der Waals surface area contributed by atoms with Gasteiger partial charge in [-0.05, 0) is 49.9 Å². The molecule has 0 bridgehead atoms. The van der Waals surface area contributed by atoms with E-state index in [1.807, 2.05) is 0 Å². The van der Waals surface area contributed by atoms with E-state index >= 15 is 0 Å². The van der Waals surface area contributed by atoms with Crippen LogP contribution in [0.15, 0.2) is 0 Å². The minimum atomic E-state index is 0.441. The fourth-order valence-corrected chi connectivity index (χ4v) is 3.84. The van der Waals surface area contributed by atoms with Crippen molar-refractivity contribution in [3.8, 4) is 0 Å². The molecule has 3 rings (SSSR count). The maximum atomic E-state index is 6.02. The Morgan fingerprint density at radius 3 is 2.20 bits per heavy atom. The molecule has 2 aliphatic carbocycles. The molecule has 0 aliphatic heterocycles. The van der Waals surface area contributed by atoms with Crippen LogP contribution in [0, 0.1) is 11.3 Å². The number of hydrogen-bond donors (Lipinski definition) is 0. The molecule has 0 amide bonds. The monoisotopic (exact) mass is 295 g/mol. The highest BCUT2D eigenvalue weighted by molar-refractivity contribution is 6.16. The molecule has 1 heterocycles. The molecule has 2 aliphatic rings. The summed E-state index contributed by atoms with van der Waals surface area (Å²) in [5, 5.41) is 8.81. The van der Waals surface area contributed by atoms with E-state index in [1.165, 1.54) is 44.3 Å². The van der Waals surface area contributed by atoms with E-state index in [9.17, 15) is 0 Å². The van der Waals surface area contributed by atoms with Crippen LogP contribution in [-0.4, -0.2) is 14.8 Å². The zero-order valence-electron chi connectivity index (χ0n) is 12.9. The van der Waals surface area contributed by atoms with Crippen LogP contribution in [0.3, 0.4) is 0 Å². The van der Waals surface area contributed by atoms with E-state index < -0.39 is 0 Å². The normalized spacial score (nSPS) is 27.8. The maximum Gasteiger partial charge on any atom is 0.148 e. The summed E-state index contributed by atoms with van der Waals surface area (Å²) >= 11 is 6.02. The SMILES string of the molecule is CC(C)(C)C1CCC(c2nnc(CCl)n2C2CC2)CC1. The predicted octanol–water partition coefficient (Wildman–Crippen LogP) is 4.67. The molecule has 20 heavy (non-hydrogen) atoms. The first-order valence-corrected chi connectivity index (χ1v) is 8.53. The molecule has 4 heteroatoms. The summed E-state index contributed by atoms with van der Waals surface area (Å²) in [7, 11) is 0. The molecule has 112 valence electrons. The lowest BCUT2D eigenvalue weighted by Crippen LogP contribution is -2.26. The quantitative estimate of drug-likeness (QED) is 0.759. The highest BCUT2D eigenvalue weighted by atomic mass is 35.5. The van der Waals surface area contributed by atoms with Crippen LogP contribution in [-0.2, 0) is 5.88 Å². The molecule has 0 spiro atoms. The van der Waals surface area contributed by atoms with Crippen molar-refractivity contribution < 1.29 is 0 Å². The Balaban J connectivity index is 1.74. The second kappa shape index (κ2) is 5.32. The van der Waals surface area contributed by atoms with Gasteiger partial charge in [-0.1, -0.05) is 20.8 Å². The largest absolute Gasteiger partial charge is 0.311 e. The van der Waals surface area contributed by atoms with E-state index in [0.717, 1.165) is 11.7 Å². The number of rotatable bonds is 3. The Morgan fingerprint density at radius 2 is 1.70 bits per heavy atom. The summed E-state index contributed by atoms with van der Waals surface area (Å²) in [5.74, 6) is 4.13. The first-order valence-electron chi connectivity index (χ1n) is 8.00. The van der Waals surface area contributed by atoms with Gasteiger partial charge in [-0.2, -0.15) is 0 Å². The van der Waals surface area contributed by atoms with Gasteiger partial charge in [0.25, 0.3) is 0 Å². The molecule has 0 saturated heterocycles. The molecule has 0 radical (unpaired) electrons. The van der Waals surface area contributed by atoms with Crippen molar-refractivity contribution in [2.24, 2.45) is 11.3 Å². The lowest BCUT2D eigenvalue weighted by molar-refractivity contribution is 0.166. The van der Waals surface area contributed by atoms with E-state index in [4.69, 9.17) is 11.6 Å². The van der Waals surface area contributed by atoms with Crippen molar-refractivity contribution in [2.75, 3.05) is 0 Å². The summed E-state index contributed by atoms with van der Waals surface area (Å²) in [6, 6.07) is 0.633. The molecule has 0 aromatic carbocycles. The van der Waals surface area contributed by atoms with Crippen molar-refractivity contribution >= 4 is 11.6 Å². The highest BCUT2D eigenvalue weighted by Gasteiger charge is 2.35. The van der Waals surface area contributed by atoms with Crippen LogP contribution in [0.2, 0.25) is 0 Å². The van der Waals surface area contributed by atoms with Gasteiger partial charge in [0, 0.05) is 12.0 Å². The number of alkyl halides is 1. The van der Waals surface area contributed by atoms with Gasteiger partial charge in [0.05, 0.1) is 5.88 Å². The molecule has 2 fully saturated rings. The Kier molecular flexibility index (Phi) is 3.83. The van der Waals surface area contributed by atoms with Gasteiger partial charge in [0.2, 0.25) is 0 Å². The highest BCUT2D eigenvalue weighted by Crippen LogP contribution is 2.45. The van der Waals surface area contributed by atoms with Gasteiger partial charge in [-0.25, -0.2) is 0 Å². The van der Waals surface area contributed by atoms with Crippen LogP contribution in [0.1, 0.15) is 82.9 Å². The summed E-state index contributed by atoms with van der Waals surface area (Å²) in [4.78, 5) is 0. The number of hydrogen-bond acceptors (Lipinski definition) is 2. The Morgan fingerprint density at radius 1 is 1.05 bits per heavy atom. The summed E-state index contributed by atoms with van der Waals surface area (Å²) in [5.41, 5.74) is 0.441. The van der Waals surface area contributed by atoms with Gasteiger partial charge in [-0.3, -0.25) is 0 Å². The fraction of sp³-hybridized carbons (Fsp3) is 0.875. The van der Waals surface area contributed by atoms with Gasteiger partial charge in [-0.15, -0.1) is 21.8 Å². The van der Waals surface area contributed by atoms with Crippen LogP contribution < -0.4 is 0 Å².